The third kappa shape index (κ3) is 1.20. The first kappa shape index (κ1) is 8.08. The van der Waals surface area contributed by atoms with Gasteiger partial charge in [-0.15, -0.1) is 0 Å². The number of rotatable bonds is 1. The van der Waals surface area contributed by atoms with Crippen LogP contribution >= 0.6 is 23.1 Å². The van der Waals surface area contributed by atoms with Crippen LogP contribution in [0.3, 0.4) is 0 Å². The highest BCUT2D eigenvalue weighted by atomic mass is 32.2. The van der Waals surface area contributed by atoms with Crippen LogP contribution < -0.4 is 4.57 Å². The van der Waals surface area contributed by atoms with Crippen LogP contribution in [0.2, 0.25) is 0 Å². The summed E-state index contributed by atoms with van der Waals surface area (Å²) in [5, 5.41) is 0. The van der Waals surface area contributed by atoms with Gasteiger partial charge in [0.25, 0.3) is 4.34 Å². The summed E-state index contributed by atoms with van der Waals surface area (Å²) >= 11 is 3.68. The van der Waals surface area contributed by atoms with E-state index in [9.17, 15) is 0 Å². The highest BCUT2D eigenvalue weighted by molar-refractivity contribution is 8.00. The van der Waals surface area contributed by atoms with E-state index in [0.717, 1.165) is 0 Å². The summed E-state index contributed by atoms with van der Waals surface area (Å²) in [5.41, 5.74) is 1.38. The molecule has 0 aliphatic carbocycles. The molecule has 1 aromatic heterocycles. The van der Waals surface area contributed by atoms with Crippen molar-refractivity contribution in [3.8, 4) is 0 Å². The third-order valence-electron chi connectivity index (χ3n) is 1.70. The number of nitrogens with zero attached hydrogens (tertiary/aromatic N) is 1. The quantitative estimate of drug-likeness (QED) is 0.464. The third-order valence-corrected chi connectivity index (χ3v) is 4.12. The minimum absolute atomic E-state index is 1.38. The fourth-order valence-corrected chi connectivity index (χ4v) is 2.76. The molecule has 56 valence electrons. The molecule has 0 amide bonds. The maximum absolute atomic E-state index is 2.24. The van der Waals surface area contributed by atoms with Crippen LogP contribution in [-0.2, 0) is 7.05 Å². The van der Waals surface area contributed by atoms with Crippen LogP contribution in [0.4, 0.5) is 0 Å². The number of aryl methyl sites for hydroxylation is 1. The average Bonchev–Trinajstić information content (AvgIpc) is 2.17. The Balaban J connectivity index is 3.17. The maximum Gasteiger partial charge on any atom is 0.297 e. The molecule has 0 atom stereocenters. The summed E-state index contributed by atoms with van der Waals surface area (Å²) < 4.78 is 3.63. The molecule has 0 unspecified atom stereocenters. The molecule has 10 heavy (non-hydrogen) atoms. The first-order chi connectivity index (χ1) is 4.66. The van der Waals surface area contributed by atoms with Crippen molar-refractivity contribution in [3.63, 3.8) is 0 Å². The predicted molar refractivity (Wildman–Crippen MR) is 46.8 cm³/mol. The van der Waals surface area contributed by atoms with Gasteiger partial charge in [-0.25, -0.2) is 0 Å². The second-order valence-corrected chi connectivity index (χ2v) is 4.53. The summed E-state index contributed by atoms with van der Waals surface area (Å²) in [6.45, 7) is 4.32. The van der Waals surface area contributed by atoms with Gasteiger partial charge in [0.15, 0.2) is 5.69 Å². The highest BCUT2D eigenvalue weighted by Gasteiger charge is 2.14. The molecule has 1 nitrogen and oxygen atoms in total. The highest BCUT2D eigenvalue weighted by Crippen LogP contribution is 2.21. The molecule has 1 rings (SSSR count). The molecule has 1 aromatic rings. The van der Waals surface area contributed by atoms with Crippen LogP contribution in [0.1, 0.15) is 10.6 Å². The lowest BCUT2D eigenvalue weighted by atomic mass is 10.4. The van der Waals surface area contributed by atoms with Gasteiger partial charge < -0.3 is 0 Å². The van der Waals surface area contributed by atoms with E-state index in [0.29, 0.717) is 0 Å². The first-order valence-electron chi connectivity index (χ1n) is 3.17. The lowest BCUT2D eigenvalue weighted by Gasteiger charge is -1.85. The number of hydrogen-bond acceptors (Lipinski definition) is 2. The van der Waals surface area contributed by atoms with E-state index in [1.165, 1.54) is 14.9 Å². The monoisotopic (exact) mass is 174 g/mol. The van der Waals surface area contributed by atoms with Crippen molar-refractivity contribution in [1.29, 1.82) is 0 Å². The van der Waals surface area contributed by atoms with Gasteiger partial charge in [0.2, 0.25) is 0 Å². The van der Waals surface area contributed by atoms with Crippen LogP contribution in [0.25, 0.3) is 0 Å². The van der Waals surface area contributed by atoms with Crippen molar-refractivity contribution in [2.45, 2.75) is 18.2 Å². The summed E-state index contributed by atoms with van der Waals surface area (Å²) in [4.78, 5) is 1.42. The van der Waals surface area contributed by atoms with Gasteiger partial charge in [0.05, 0.1) is 4.88 Å². The Morgan fingerprint density at radius 2 is 2.00 bits per heavy atom. The molecular formula is C7H12NS2+. The Morgan fingerprint density at radius 3 is 2.20 bits per heavy atom. The standard InChI is InChI=1S/C7H12NS2/c1-5-6(2)10-7(9-4)8(5)3/h1-4H3/q+1. The van der Waals surface area contributed by atoms with Crippen LogP contribution in [0.5, 0.6) is 0 Å². The van der Waals surface area contributed by atoms with Gasteiger partial charge in [-0.1, -0.05) is 11.3 Å². The van der Waals surface area contributed by atoms with Crippen molar-refractivity contribution in [1.82, 2.24) is 0 Å². The fourth-order valence-electron chi connectivity index (χ4n) is 0.825. The van der Waals surface area contributed by atoms with Crippen LogP contribution in [0.15, 0.2) is 4.34 Å². The molecule has 0 aliphatic rings. The van der Waals surface area contributed by atoms with E-state index >= 15 is 0 Å². The van der Waals surface area contributed by atoms with Gasteiger partial charge in [0.1, 0.15) is 7.05 Å². The molecule has 0 aliphatic heterocycles. The molecule has 0 saturated heterocycles. The zero-order chi connectivity index (χ0) is 7.72. The number of thiazole rings is 1. The lowest BCUT2D eigenvalue weighted by Crippen LogP contribution is -2.30. The van der Waals surface area contributed by atoms with Crippen molar-refractivity contribution < 1.29 is 4.57 Å². The Kier molecular flexibility index (Phi) is 2.36. The zero-order valence-electron chi connectivity index (χ0n) is 6.76. The number of thioether (sulfide) groups is 1. The van der Waals surface area contributed by atoms with E-state index < -0.39 is 0 Å². The van der Waals surface area contributed by atoms with Crippen molar-refractivity contribution in [2.24, 2.45) is 7.05 Å². The zero-order valence-corrected chi connectivity index (χ0v) is 8.40. The van der Waals surface area contributed by atoms with Crippen LogP contribution in [0, 0.1) is 13.8 Å². The Hall–Kier alpha value is -0.0200. The molecule has 3 heteroatoms. The van der Waals surface area contributed by atoms with E-state index in [4.69, 9.17) is 0 Å². The van der Waals surface area contributed by atoms with Crippen molar-refractivity contribution in [2.75, 3.05) is 6.26 Å². The number of hydrogen-bond donors (Lipinski definition) is 0. The van der Waals surface area contributed by atoms with Gasteiger partial charge >= 0.3 is 0 Å². The van der Waals surface area contributed by atoms with E-state index in [1.54, 1.807) is 0 Å². The van der Waals surface area contributed by atoms with E-state index in [-0.39, 0.29) is 0 Å². The van der Waals surface area contributed by atoms with Crippen molar-refractivity contribution >= 4 is 23.1 Å². The fraction of sp³-hybridized carbons (Fsp3) is 0.571. The SMILES string of the molecule is CSc1sc(C)c(C)[n+]1C. The molecule has 0 bridgehead atoms. The molecule has 0 saturated carbocycles. The molecule has 0 radical (unpaired) electrons. The Bertz CT molecular complexity index is 240. The topological polar surface area (TPSA) is 3.88 Å². The van der Waals surface area contributed by atoms with Gasteiger partial charge in [-0.3, -0.25) is 0 Å². The Labute approximate surface area is 70.1 Å². The molecule has 0 N–H and O–H groups in total. The maximum atomic E-state index is 2.24. The molecule has 1 heterocycles. The summed E-state index contributed by atoms with van der Waals surface area (Å²) in [7, 11) is 2.12. The molecular weight excluding hydrogens is 162 g/mol. The minimum atomic E-state index is 1.38. The first-order valence-corrected chi connectivity index (χ1v) is 5.21. The van der Waals surface area contributed by atoms with Crippen LogP contribution in [-0.4, -0.2) is 6.26 Å². The van der Waals surface area contributed by atoms with Gasteiger partial charge in [-0.05, 0) is 24.9 Å². The van der Waals surface area contributed by atoms with Gasteiger partial charge in [0, 0.05) is 6.92 Å². The summed E-state index contributed by atoms with van der Waals surface area (Å²) in [6.07, 6.45) is 2.12. The average molecular weight is 174 g/mol. The number of aromatic nitrogens is 1. The van der Waals surface area contributed by atoms with Gasteiger partial charge in [-0.2, -0.15) is 4.57 Å². The van der Waals surface area contributed by atoms with Crippen molar-refractivity contribution in [3.05, 3.63) is 10.6 Å². The molecule has 0 fully saturated rings. The molecule has 0 spiro atoms. The Morgan fingerprint density at radius 1 is 1.40 bits per heavy atom. The lowest BCUT2D eigenvalue weighted by molar-refractivity contribution is -0.707. The predicted octanol–water partition coefficient (Wildman–Crippen LogP) is 1.91. The second-order valence-electron chi connectivity index (χ2n) is 2.27. The summed E-state index contributed by atoms with van der Waals surface area (Å²) in [6, 6.07) is 0. The largest absolute Gasteiger partial charge is 0.297 e. The second kappa shape index (κ2) is 2.93. The minimum Gasteiger partial charge on any atom is -0.183 e. The van der Waals surface area contributed by atoms with E-state index in [2.05, 4.69) is 31.7 Å². The normalized spacial score (nSPS) is 10.4. The smallest absolute Gasteiger partial charge is 0.183 e. The summed E-state index contributed by atoms with van der Waals surface area (Å²) in [5.74, 6) is 0. The molecule has 0 aromatic carbocycles. The van der Waals surface area contributed by atoms with E-state index in [1.807, 2.05) is 23.1 Å².